The van der Waals surface area contributed by atoms with Gasteiger partial charge < -0.3 is 15.7 Å². The fourth-order valence-electron chi connectivity index (χ4n) is 3.11. The lowest BCUT2D eigenvalue weighted by molar-refractivity contribution is 0.148. The number of hydrogen-bond acceptors (Lipinski definition) is 3. The van der Waals surface area contributed by atoms with E-state index in [-0.39, 0.29) is 0 Å². The van der Waals surface area contributed by atoms with E-state index in [2.05, 4.69) is 10.6 Å². The third-order valence-corrected chi connectivity index (χ3v) is 4.21. The van der Waals surface area contributed by atoms with Gasteiger partial charge in [0.25, 0.3) is 0 Å². The van der Waals surface area contributed by atoms with Crippen molar-refractivity contribution in [3.8, 4) is 0 Å². The van der Waals surface area contributed by atoms with Crippen molar-refractivity contribution in [1.82, 2.24) is 10.6 Å². The molecular formula is C13H26N2O. The second kappa shape index (κ2) is 6.58. The normalized spacial score (nSPS) is 36.2. The number of rotatable bonds is 4. The molecule has 94 valence electrons. The van der Waals surface area contributed by atoms with Gasteiger partial charge >= 0.3 is 0 Å². The Balaban J connectivity index is 1.70. The van der Waals surface area contributed by atoms with E-state index in [9.17, 15) is 5.11 Å². The van der Waals surface area contributed by atoms with Crippen LogP contribution in [-0.2, 0) is 0 Å². The van der Waals surface area contributed by atoms with Crippen molar-refractivity contribution >= 4 is 0 Å². The summed E-state index contributed by atoms with van der Waals surface area (Å²) in [4.78, 5) is 0. The van der Waals surface area contributed by atoms with Gasteiger partial charge in [-0.15, -0.1) is 0 Å². The third-order valence-electron chi connectivity index (χ3n) is 4.21. The third kappa shape index (κ3) is 3.44. The van der Waals surface area contributed by atoms with Crippen molar-refractivity contribution in [2.24, 2.45) is 11.8 Å². The Kier molecular flexibility index (Phi) is 5.07. The van der Waals surface area contributed by atoms with Crippen LogP contribution in [0.15, 0.2) is 0 Å². The number of hydrogen-bond donors (Lipinski definition) is 3. The minimum Gasteiger partial charge on any atom is -0.396 e. The van der Waals surface area contributed by atoms with Crippen LogP contribution >= 0.6 is 0 Å². The molecule has 0 spiro atoms. The smallest absolute Gasteiger partial charge is 0.0474 e. The van der Waals surface area contributed by atoms with E-state index in [0.29, 0.717) is 18.6 Å². The van der Waals surface area contributed by atoms with Crippen LogP contribution in [0.2, 0.25) is 0 Å². The Hall–Kier alpha value is -0.120. The molecule has 1 saturated carbocycles. The van der Waals surface area contributed by atoms with E-state index < -0.39 is 0 Å². The van der Waals surface area contributed by atoms with Gasteiger partial charge in [-0.25, -0.2) is 0 Å². The minimum atomic E-state index is 0.362. The number of aliphatic hydroxyl groups is 1. The standard InChI is InChI=1S/C13H26N2O/c16-10-12-5-1-2-6-13(12)15-9-11-4-3-7-14-8-11/h11-16H,1-10H2. The Labute approximate surface area is 99.0 Å². The molecule has 0 aromatic heterocycles. The van der Waals surface area contributed by atoms with Crippen LogP contribution in [0.25, 0.3) is 0 Å². The first-order chi connectivity index (χ1) is 7.90. The molecule has 1 heterocycles. The maximum atomic E-state index is 9.35. The molecule has 1 aliphatic carbocycles. The van der Waals surface area contributed by atoms with E-state index in [1.807, 2.05) is 0 Å². The fourth-order valence-corrected chi connectivity index (χ4v) is 3.11. The molecule has 3 unspecified atom stereocenters. The maximum Gasteiger partial charge on any atom is 0.0474 e. The Bertz CT molecular complexity index is 192. The van der Waals surface area contributed by atoms with Crippen molar-refractivity contribution in [2.75, 3.05) is 26.2 Å². The van der Waals surface area contributed by atoms with Crippen molar-refractivity contribution < 1.29 is 5.11 Å². The second-order valence-corrected chi connectivity index (χ2v) is 5.45. The molecule has 0 amide bonds. The Morgan fingerprint density at radius 3 is 2.75 bits per heavy atom. The molecule has 1 aliphatic heterocycles. The zero-order valence-electron chi connectivity index (χ0n) is 10.3. The minimum absolute atomic E-state index is 0.362. The van der Waals surface area contributed by atoms with E-state index >= 15 is 0 Å². The Morgan fingerprint density at radius 2 is 2.00 bits per heavy atom. The molecule has 0 aromatic rings. The van der Waals surface area contributed by atoms with E-state index in [0.717, 1.165) is 12.5 Å². The van der Waals surface area contributed by atoms with Gasteiger partial charge in [0.15, 0.2) is 0 Å². The van der Waals surface area contributed by atoms with Crippen LogP contribution in [0.5, 0.6) is 0 Å². The fraction of sp³-hybridized carbons (Fsp3) is 1.00. The van der Waals surface area contributed by atoms with Gasteiger partial charge in [-0.1, -0.05) is 12.8 Å². The van der Waals surface area contributed by atoms with Crippen LogP contribution < -0.4 is 10.6 Å². The second-order valence-electron chi connectivity index (χ2n) is 5.45. The zero-order valence-corrected chi connectivity index (χ0v) is 10.3. The highest BCUT2D eigenvalue weighted by Crippen LogP contribution is 2.24. The van der Waals surface area contributed by atoms with Crippen LogP contribution in [0.3, 0.4) is 0 Å². The lowest BCUT2D eigenvalue weighted by Gasteiger charge is -2.33. The van der Waals surface area contributed by atoms with Crippen molar-refractivity contribution in [3.63, 3.8) is 0 Å². The summed E-state index contributed by atoms with van der Waals surface area (Å²) < 4.78 is 0. The number of piperidine rings is 1. The van der Waals surface area contributed by atoms with Crippen LogP contribution in [0.1, 0.15) is 38.5 Å². The molecule has 2 aliphatic rings. The van der Waals surface area contributed by atoms with E-state index in [1.54, 1.807) is 0 Å². The quantitative estimate of drug-likeness (QED) is 0.673. The first kappa shape index (κ1) is 12.3. The van der Waals surface area contributed by atoms with E-state index in [4.69, 9.17) is 0 Å². The molecule has 0 bridgehead atoms. The van der Waals surface area contributed by atoms with Gasteiger partial charge in [-0.05, 0) is 57.2 Å². The largest absolute Gasteiger partial charge is 0.396 e. The Morgan fingerprint density at radius 1 is 1.12 bits per heavy atom. The number of aliphatic hydroxyl groups excluding tert-OH is 1. The molecule has 2 fully saturated rings. The first-order valence-corrected chi connectivity index (χ1v) is 6.95. The highest BCUT2D eigenvalue weighted by atomic mass is 16.3. The molecule has 3 atom stereocenters. The monoisotopic (exact) mass is 226 g/mol. The van der Waals surface area contributed by atoms with Gasteiger partial charge in [0, 0.05) is 12.6 Å². The summed E-state index contributed by atoms with van der Waals surface area (Å²) in [6.45, 7) is 3.86. The maximum absolute atomic E-state index is 9.35. The van der Waals surface area contributed by atoms with Gasteiger partial charge in [-0.2, -0.15) is 0 Å². The van der Waals surface area contributed by atoms with Gasteiger partial charge in [0.05, 0.1) is 0 Å². The van der Waals surface area contributed by atoms with Crippen molar-refractivity contribution in [1.29, 1.82) is 0 Å². The van der Waals surface area contributed by atoms with E-state index in [1.165, 1.54) is 51.6 Å². The highest BCUT2D eigenvalue weighted by molar-refractivity contribution is 4.82. The van der Waals surface area contributed by atoms with Crippen molar-refractivity contribution in [3.05, 3.63) is 0 Å². The number of nitrogens with one attached hydrogen (secondary N) is 2. The summed E-state index contributed by atoms with van der Waals surface area (Å²) >= 11 is 0. The molecule has 3 nitrogen and oxygen atoms in total. The zero-order chi connectivity index (χ0) is 11.2. The molecule has 0 radical (unpaired) electrons. The van der Waals surface area contributed by atoms with Gasteiger partial charge in [-0.3, -0.25) is 0 Å². The summed E-state index contributed by atoms with van der Waals surface area (Å²) in [5.74, 6) is 1.31. The molecule has 3 heteroatoms. The van der Waals surface area contributed by atoms with Crippen LogP contribution in [-0.4, -0.2) is 37.4 Å². The van der Waals surface area contributed by atoms with Crippen LogP contribution in [0.4, 0.5) is 0 Å². The summed E-state index contributed by atoms with van der Waals surface area (Å²) in [6.07, 6.45) is 7.77. The summed E-state index contributed by atoms with van der Waals surface area (Å²) in [6, 6.07) is 0.570. The summed E-state index contributed by atoms with van der Waals surface area (Å²) in [7, 11) is 0. The average Bonchev–Trinajstić information content (AvgIpc) is 2.38. The topological polar surface area (TPSA) is 44.3 Å². The lowest BCUT2D eigenvalue weighted by atomic mass is 9.84. The molecule has 16 heavy (non-hydrogen) atoms. The molecule has 2 rings (SSSR count). The first-order valence-electron chi connectivity index (χ1n) is 6.95. The van der Waals surface area contributed by atoms with Gasteiger partial charge in [0.1, 0.15) is 0 Å². The predicted octanol–water partition coefficient (Wildman–Crippen LogP) is 1.13. The average molecular weight is 226 g/mol. The SMILES string of the molecule is OCC1CCCCC1NCC1CCCNC1. The predicted molar refractivity (Wildman–Crippen MR) is 66.4 cm³/mol. The summed E-state index contributed by atoms with van der Waals surface area (Å²) in [5.41, 5.74) is 0. The van der Waals surface area contributed by atoms with Crippen molar-refractivity contribution in [2.45, 2.75) is 44.6 Å². The molecular weight excluding hydrogens is 200 g/mol. The molecule has 0 aromatic carbocycles. The van der Waals surface area contributed by atoms with Crippen LogP contribution in [0, 0.1) is 11.8 Å². The lowest BCUT2D eigenvalue weighted by Crippen LogP contribution is -2.44. The molecule has 1 saturated heterocycles. The van der Waals surface area contributed by atoms with Gasteiger partial charge in [0.2, 0.25) is 0 Å². The summed E-state index contributed by atoms with van der Waals surface area (Å²) in [5, 5.41) is 16.5. The molecule has 3 N–H and O–H groups in total. The highest BCUT2D eigenvalue weighted by Gasteiger charge is 2.24.